The van der Waals surface area contributed by atoms with E-state index in [1.54, 1.807) is 0 Å². The minimum atomic E-state index is -0.701. The van der Waals surface area contributed by atoms with Gasteiger partial charge in [0.05, 0.1) is 10.3 Å². The van der Waals surface area contributed by atoms with Gasteiger partial charge in [-0.15, -0.1) is 12.2 Å². The molecule has 0 aromatic carbocycles. The van der Waals surface area contributed by atoms with Gasteiger partial charge in [0.25, 0.3) is 0 Å². The number of hydrogen-bond donors (Lipinski definition) is 0. The van der Waals surface area contributed by atoms with E-state index in [2.05, 4.69) is 72.3 Å². The maximum atomic E-state index is 7.75. The third kappa shape index (κ3) is 10.6. The molecule has 0 saturated carbocycles. The molecule has 1 rings (SSSR count). The van der Waals surface area contributed by atoms with Crippen LogP contribution >= 0.6 is 7.92 Å². The van der Waals surface area contributed by atoms with Gasteiger partial charge < -0.3 is 20.6 Å². The molecule has 0 amide bonds. The number of hydrogen-bond acceptors (Lipinski definition) is 2. The largest absolute Gasteiger partial charge is 0.675 e. The first-order valence-corrected chi connectivity index (χ1v) is 8.52. The molecule has 0 bridgehead atoms. The van der Waals surface area contributed by atoms with Gasteiger partial charge in [-0.25, -0.2) is 0 Å². The molecule has 0 fully saturated rings. The van der Waals surface area contributed by atoms with Crippen LogP contribution in [0.2, 0.25) is 0 Å². The Morgan fingerprint density at radius 3 is 1.87 bits per heavy atom. The monoisotopic (exact) mass is 378 g/mol. The van der Waals surface area contributed by atoms with Crippen LogP contribution < -0.4 is 0 Å². The summed E-state index contributed by atoms with van der Waals surface area (Å²) in [7, 11) is -0.701. The topological polar surface area (TPSA) is 72.0 Å². The van der Waals surface area contributed by atoms with E-state index in [0.29, 0.717) is 10.3 Å². The van der Waals surface area contributed by atoms with Gasteiger partial charge in [0.1, 0.15) is 0 Å². The summed E-state index contributed by atoms with van der Waals surface area (Å²) in [6, 6.07) is 0. The van der Waals surface area contributed by atoms with Crippen molar-refractivity contribution in [2.75, 3.05) is 6.54 Å². The smallest absolute Gasteiger partial charge is 0.0738 e. The zero-order valence-electron chi connectivity index (χ0n) is 14.8. The van der Waals surface area contributed by atoms with Crippen molar-refractivity contribution in [2.24, 2.45) is 0 Å². The molecule has 6 heteroatoms. The van der Waals surface area contributed by atoms with E-state index < -0.39 is 7.92 Å². The Bertz CT molecular complexity index is 405. The van der Waals surface area contributed by atoms with Crippen LogP contribution in [0, 0.1) is 0 Å². The van der Waals surface area contributed by atoms with Crippen LogP contribution in [0.1, 0.15) is 41.5 Å². The van der Waals surface area contributed by atoms with Crippen LogP contribution in [0.25, 0.3) is 11.1 Å². The van der Waals surface area contributed by atoms with Crippen molar-refractivity contribution in [1.82, 2.24) is 0 Å². The molecule has 23 heavy (non-hydrogen) atoms. The minimum absolute atomic E-state index is 0. The van der Waals surface area contributed by atoms with Gasteiger partial charge in [0.2, 0.25) is 0 Å². The van der Waals surface area contributed by atoms with Crippen molar-refractivity contribution in [3.63, 3.8) is 0 Å². The Morgan fingerprint density at radius 2 is 1.52 bits per heavy atom. The van der Waals surface area contributed by atoms with Crippen LogP contribution in [-0.2, 0) is 26.7 Å². The Balaban J connectivity index is -0.000000739. The molecule has 1 heterocycles. The second-order valence-corrected chi connectivity index (χ2v) is 10.9. The van der Waals surface area contributed by atoms with E-state index in [-0.39, 0.29) is 23.6 Å². The molecule has 1 aliphatic rings. The fraction of sp³-hybridized carbons (Fsp3) is 0.529. The first kappa shape index (κ1) is 27.1. The van der Waals surface area contributed by atoms with Crippen LogP contribution in [0.5, 0.6) is 0 Å². The summed E-state index contributed by atoms with van der Waals surface area (Å²) in [5, 5.41) is 5.15. The summed E-state index contributed by atoms with van der Waals surface area (Å²) in [6.45, 7) is 20.7. The van der Waals surface area contributed by atoms with Gasteiger partial charge in [0, 0.05) is 30.8 Å². The van der Waals surface area contributed by atoms with Crippen LogP contribution in [0.4, 0.5) is 0 Å². The Labute approximate surface area is 153 Å². The van der Waals surface area contributed by atoms with Crippen molar-refractivity contribution < 1.29 is 26.7 Å². The average molecular weight is 378 g/mol. The summed E-state index contributed by atoms with van der Waals surface area (Å²) in [5.41, 5.74) is 9.30. The number of rotatable bonds is 2. The Hall–Kier alpha value is -0.731. The maximum absolute atomic E-state index is 7.75. The normalized spacial score (nSPS) is 15.3. The fourth-order valence-electron chi connectivity index (χ4n) is 2.38. The van der Waals surface area contributed by atoms with Crippen LogP contribution in [0.15, 0.2) is 35.4 Å². The molecule has 4 nitrogen and oxygen atoms in total. The van der Waals surface area contributed by atoms with Gasteiger partial charge in [-0.3, -0.25) is 13.6 Å². The van der Waals surface area contributed by atoms with Gasteiger partial charge in [-0.2, -0.15) is 5.70 Å². The molecule has 0 aromatic rings. The van der Waals surface area contributed by atoms with Crippen molar-refractivity contribution in [3.8, 4) is 0 Å². The molecule has 0 aromatic heterocycles. The number of nitrogens with zero attached hydrogens (tertiary/aromatic N) is 1. The third-order valence-electron chi connectivity index (χ3n) is 2.92. The summed E-state index contributed by atoms with van der Waals surface area (Å²) in [6.07, 6.45) is 5.99. The van der Waals surface area contributed by atoms with Gasteiger partial charge in [-0.05, 0) is 41.5 Å². The molecule has 1 radical (unpaired) electrons. The molecular formula is C17H28MnN2O2P-3. The molecular weight excluding hydrogens is 350 g/mol. The van der Waals surface area contributed by atoms with Gasteiger partial charge in [-0.1, -0.05) is 18.2 Å². The molecule has 0 spiro atoms. The molecule has 1 N–H and O–H groups in total. The zero-order valence-corrected chi connectivity index (χ0v) is 17.0. The SMILES string of the molecule is CC(C)(C)[PH+](/C=C1/C=CC=C(C[NH-])[N-]1)C(C)(C)C.[CH-]=O.[CH-]=O.[Mn]. The minimum Gasteiger partial charge on any atom is -0.675 e. The predicted octanol–water partition coefficient (Wildman–Crippen LogP) is 4.97. The molecule has 0 unspecified atom stereocenters. The first-order chi connectivity index (χ1) is 10.1. The number of carbonyl (C=O) groups excluding carboxylic acids is 2. The number of allylic oxidation sites excluding steroid dienone is 3. The van der Waals surface area contributed by atoms with E-state index in [9.17, 15) is 0 Å². The van der Waals surface area contributed by atoms with Crippen LogP contribution in [-0.4, -0.2) is 30.4 Å². The summed E-state index contributed by atoms with van der Waals surface area (Å²) in [5.74, 6) is 2.36. The molecule has 0 aliphatic carbocycles. The zero-order chi connectivity index (χ0) is 18.0. The van der Waals surface area contributed by atoms with Crippen molar-refractivity contribution >= 4 is 21.5 Å². The first-order valence-electron chi connectivity index (χ1n) is 6.95. The van der Waals surface area contributed by atoms with E-state index in [0.717, 1.165) is 11.4 Å². The summed E-state index contributed by atoms with van der Waals surface area (Å²) < 4.78 is 0. The second-order valence-electron chi connectivity index (χ2n) is 6.79. The van der Waals surface area contributed by atoms with Gasteiger partial charge >= 0.3 is 0 Å². The van der Waals surface area contributed by atoms with Crippen molar-refractivity contribution in [1.29, 1.82) is 0 Å². The Morgan fingerprint density at radius 1 is 1.09 bits per heavy atom. The van der Waals surface area contributed by atoms with Crippen molar-refractivity contribution in [3.05, 3.63) is 46.5 Å². The quantitative estimate of drug-likeness (QED) is 0.295. The second kappa shape index (κ2) is 12.7. The summed E-state index contributed by atoms with van der Waals surface area (Å²) in [4.78, 5) is 15.5. The van der Waals surface area contributed by atoms with E-state index in [1.807, 2.05) is 12.2 Å². The van der Waals surface area contributed by atoms with E-state index in [1.165, 1.54) is 0 Å². The fourth-order valence-corrected chi connectivity index (χ4v) is 5.96. The maximum Gasteiger partial charge on any atom is 0.0738 e. The average Bonchev–Trinajstić information content (AvgIpc) is 2.47. The molecule has 1 aliphatic heterocycles. The Kier molecular flexibility index (Phi) is 14.9. The molecule has 0 saturated heterocycles. The standard InChI is InChI=1S/C15H25N2P.2CHO.Mn/c1-14(2,3)18(15(4,5)6)11-13-9-7-8-12(10-16)17-13;2*1-2;/h7-9,11,16H,10H2,1-6H3;2*1H;/q-2;2*-1;/p+1/b13-11-;;;. The van der Waals surface area contributed by atoms with E-state index >= 15 is 0 Å². The number of nitrogens with one attached hydrogen (secondary N) is 1. The van der Waals surface area contributed by atoms with Gasteiger partial charge in [0.15, 0.2) is 0 Å². The third-order valence-corrected chi connectivity index (χ3v) is 6.73. The molecule has 0 atom stereocenters. The van der Waals surface area contributed by atoms with Crippen LogP contribution in [0.3, 0.4) is 0 Å². The van der Waals surface area contributed by atoms with E-state index in [4.69, 9.17) is 15.3 Å². The molecule has 133 valence electrons. The predicted molar refractivity (Wildman–Crippen MR) is 99.2 cm³/mol. The van der Waals surface area contributed by atoms with Crippen molar-refractivity contribution in [2.45, 2.75) is 51.9 Å². The summed E-state index contributed by atoms with van der Waals surface area (Å²) >= 11 is 0.